The van der Waals surface area contributed by atoms with Gasteiger partial charge in [-0.3, -0.25) is 19.3 Å². The zero-order valence-corrected chi connectivity index (χ0v) is 27.3. The van der Waals surface area contributed by atoms with E-state index in [0.717, 1.165) is 22.9 Å². The summed E-state index contributed by atoms with van der Waals surface area (Å²) in [6, 6.07) is 9.60. The summed E-state index contributed by atoms with van der Waals surface area (Å²) in [6.07, 6.45) is -4.85. The fraction of sp³-hybridized carbons (Fsp3) is 0.343. The van der Waals surface area contributed by atoms with Crippen molar-refractivity contribution in [1.82, 2.24) is 19.7 Å². The number of pyridine rings is 1. The van der Waals surface area contributed by atoms with E-state index in [1.807, 2.05) is 0 Å². The number of rotatable bonds is 9. The van der Waals surface area contributed by atoms with Crippen LogP contribution in [0.15, 0.2) is 54.7 Å². The molecule has 1 aliphatic heterocycles. The van der Waals surface area contributed by atoms with Crippen LogP contribution in [0.1, 0.15) is 71.7 Å². The Kier molecular flexibility index (Phi) is 10.1. The van der Waals surface area contributed by atoms with Gasteiger partial charge in [0.1, 0.15) is 23.1 Å². The highest BCUT2D eigenvalue weighted by molar-refractivity contribution is 5.94. The SMILES string of the molecule is CC(C)(C)OC(=O)N1CCc2c(C(F)(F)F)nn(CC(=O)C[C@@H](Cc3cc(F)cc(F)c3)c3ncccc3-c3ccc(F)c(C(N)=O)c3)c2C1. The molecule has 0 aliphatic carbocycles. The monoisotopic (exact) mass is 701 g/mol. The minimum Gasteiger partial charge on any atom is -0.444 e. The molecule has 0 saturated heterocycles. The molecule has 0 saturated carbocycles. The van der Waals surface area contributed by atoms with Crippen molar-refractivity contribution in [3.8, 4) is 11.1 Å². The highest BCUT2D eigenvalue weighted by Crippen LogP contribution is 2.37. The number of hydrogen-bond acceptors (Lipinski definition) is 6. The molecule has 15 heteroatoms. The maximum atomic E-state index is 14.3. The molecule has 4 aromatic rings. The lowest BCUT2D eigenvalue weighted by Gasteiger charge is -2.30. The summed E-state index contributed by atoms with van der Waals surface area (Å²) in [6.45, 7) is 3.99. The van der Waals surface area contributed by atoms with Crippen LogP contribution in [0.3, 0.4) is 0 Å². The summed E-state index contributed by atoms with van der Waals surface area (Å²) < 4.78 is 91.3. The third kappa shape index (κ3) is 8.32. The van der Waals surface area contributed by atoms with Crippen LogP contribution < -0.4 is 5.73 Å². The van der Waals surface area contributed by atoms with Gasteiger partial charge in [-0.1, -0.05) is 12.1 Å². The van der Waals surface area contributed by atoms with Crippen molar-refractivity contribution in [2.45, 2.75) is 70.8 Å². The molecule has 0 radical (unpaired) electrons. The Morgan fingerprint density at radius 2 is 1.70 bits per heavy atom. The number of Topliss-reactive ketones (excluding diaryl/α,β-unsaturated/α-hetero) is 1. The van der Waals surface area contributed by atoms with E-state index in [0.29, 0.717) is 17.2 Å². The van der Waals surface area contributed by atoms with E-state index >= 15 is 0 Å². The molecule has 0 bridgehead atoms. The second-order valence-electron chi connectivity index (χ2n) is 13.0. The fourth-order valence-corrected chi connectivity index (χ4v) is 5.97. The van der Waals surface area contributed by atoms with E-state index in [2.05, 4.69) is 10.1 Å². The second-order valence-corrected chi connectivity index (χ2v) is 13.0. The first-order chi connectivity index (χ1) is 23.4. The lowest BCUT2D eigenvalue weighted by Crippen LogP contribution is -2.40. The van der Waals surface area contributed by atoms with E-state index in [4.69, 9.17) is 10.5 Å². The summed E-state index contributed by atoms with van der Waals surface area (Å²) in [5.41, 5.74) is 3.88. The smallest absolute Gasteiger partial charge is 0.435 e. The van der Waals surface area contributed by atoms with Crippen LogP contribution in [0, 0.1) is 17.5 Å². The lowest BCUT2D eigenvalue weighted by atomic mass is 9.86. The first-order valence-corrected chi connectivity index (χ1v) is 15.5. The topological polar surface area (TPSA) is 120 Å². The molecule has 1 aliphatic rings. The third-order valence-electron chi connectivity index (χ3n) is 8.03. The Bertz CT molecular complexity index is 1930. The van der Waals surface area contributed by atoms with Gasteiger partial charge in [-0.05, 0) is 75.1 Å². The van der Waals surface area contributed by atoms with Crippen molar-refractivity contribution in [2.24, 2.45) is 5.73 Å². The van der Waals surface area contributed by atoms with Gasteiger partial charge in [-0.2, -0.15) is 18.3 Å². The molecule has 5 rings (SSSR count). The normalized spacial score (nSPS) is 13.9. The van der Waals surface area contributed by atoms with E-state index in [9.17, 15) is 40.7 Å². The molecule has 2 amide bonds. The summed E-state index contributed by atoms with van der Waals surface area (Å²) in [5.74, 6) is -5.13. The molecule has 2 aromatic heterocycles. The average molecular weight is 702 g/mol. The zero-order valence-electron chi connectivity index (χ0n) is 27.3. The molecule has 0 unspecified atom stereocenters. The molecule has 9 nitrogen and oxygen atoms in total. The van der Waals surface area contributed by atoms with Crippen LogP contribution in [0.4, 0.5) is 31.1 Å². The van der Waals surface area contributed by atoms with Crippen LogP contribution in [-0.2, 0) is 41.6 Å². The van der Waals surface area contributed by atoms with Gasteiger partial charge in [-0.15, -0.1) is 0 Å². The van der Waals surface area contributed by atoms with Crippen molar-refractivity contribution >= 4 is 17.8 Å². The molecule has 1 atom stereocenters. The average Bonchev–Trinajstić information content (AvgIpc) is 3.37. The minimum absolute atomic E-state index is 0.0235. The largest absolute Gasteiger partial charge is 0.444 e. The van der Waals surface area contributed by atoms with Gasteiger partial charge < -0.3 is 15.4 Å². The molecular weight excluding hydrogens is 668 g/mol. The van der Waals surface area contributed by atoms with Crippen molar-refractivity contribution in [1.29, 1.82) is 0 Å². The molecule has 264 valence electrons. The Morgan fingerprint density at radius 1 is 1.00 bits per heavy atom. The number of ether oxygens (including phenoxy) is 1. The van der Waals surface area contributed by atoms with Gasteiger partial charge in [-0.25, -0.2) is 18.0 Å². The number of nitrogens with zero attached hydrogens (tertiary/aromatic N) is 4. The van der Waals surface area contributed by atoms with Gasteiger partial charge in [0.05, 0.1) is 30.0 Å². The van der Waals surface area contributed by atoms with Crippen LogP contribution in [0.5, 0.6) is 0 Å². The van der Waals surface area contributed by atoms with Crippen molar-refractivity contribution in [3.63, 3.8) is 0 Å². The van der Waals surface area contributed by atoms with Crippen LogP contribution in [0.25, 0.3) is 11.1 Å². The highest BCUT2D eigenvalue weighted by atomic mass is 19.4. The van der Waals surface area contributed by atoms with Gasteiger partial charge in [0.15, 0.2) is 11.5 Å². The maximum Gasteiger partial charge on any atom is 0.435 e. The Hall–Kier alpha value is -5.21. The van der Waals surface area contributed by atoms with E-state index in [1.54, 1.807) is 32.9 Å². The number of amides is 2. The predicted molar refractivity (Wildman–Crippen MR) is 168 cm³/mol. The first-order valence-electron chi connectivity index (χ1n) is 15.5. The number of carbonyl (C=O) groups excluding carboxylic acids is 3. The number of carbonyl (C=O) groups is 3. The van der Waals surface area contributed by atoms with Crippen molar-refractivity contribution in [2.75, 3.05) is 6.54 Å². The quantitative estimate of drug-likeness (QED) is 0.193. The number of halogens is 6. The number of benzene rings is 2. The van der Waals surface area contributed by atoms with Crippen molar-refractivity contribution < 1.29 is 45.5 Å². The fourth-order valence-electron chi connectivity index (χ4n) is 5.97. The Labute approximate surface area is 283 Å². The molecule has 2 aromatic carbocycles. The number of nitrogens with two attached hydrogens (primary N) is 1. The van der Waals surface area contributed by atoms with Crippen LogP contribution in [-0.4, -0.2) is 49.6 Å². The number of fused-ring (bicyclic) bond motifs is 1. The van der Waals surface area contributed by atoms with Crippen molar-refractivity contribution in [3.05, 3.63) is 106 Å². The number of alkyl halides is 3. The molecule has 0 fully saturated rings. The Morgan fingerprint density at radius 3 is 2.34 bits per heavy atom. The molecule has 2 N–H and O–H groups in total. The number of hydrogen-bond donors (Lipinski definition) is 1. The summed E-state index contributed by atoms with van der Waals surface area (Å²) in [5, 5.41) is 3.76. The summed E-state index contributed by atoms with van der Waals surface area (Å²) >= 11 is 0. The summed E-state index contributed by atoms with van der Waals surface area (Å²) in [4.78, 5) is 44.1. The number of aromatic nitrogens is 3. The first kappa shape index (κ1) is 36.1. The van der Waals surface area contributed by atoms with Crippen LogP contribution >= 0.6 is 0 Å². The van der Waals surface area contributed by atoms with Gasteiger partial charge in [0.2, 0.25) is 0 Å². The molecule has 50 heavy (non-hydrogen) atoms. The lowest BCUT2D eigenvalue weighted by molar-refractivity contribution is -0.142. The third-order valence-corrected chi connectivity index (χ3v) is 8.03. The Balaban J connectivity index is 1.51. The number of primary amides is 1. The van der Waals surface area contributed by atoms with Gasteiger partial charge in [0, 0.05) is 42.3 Å². The summed E-state index contributed by atoms with van der Waals surface area (Å²) in [7, 11) is 0. The molecular formula is C35H33F6N5O4. The highest BCUT2D eigenvalue weighted by Gasteiger charge is 2.41. The maximum absolute atomic E-state index is 14.3. The zero-order chi connectivity index (χ0) is 36.5. The van der Waals surface area contributed by atoms with Gasteiger partial charge >= 0.3 is 12.3 Å². The van der Waals surface area contributed by atoms with E-state index in [1.165, 1.54) is 23.2 Å². The van der Waals surface area contributed by atoms with E-state index < -0.39 is 70.7 Å². The van der Waals surface area contributed by atoms with Gasteiger partial charge in [0.25, 0.3) is 5.91 Å². The second kappa shape index (κ2) is 14.0. The minimum atomic E-state index is -4.84. The molecule has 3 heterocycles. The standard InChI is InChI=1S/C35H33F6N5O4/c1-34(2,3)50-33(49)45-10-8-26-29(18-45)46(44-31(26)35(39,40)41)17-24(47)14-21(11-19-12-22(36)16-23(37)13-19)30-25(5-4-9-43-30)20-6-7-28(38)27(15-20)32(42)48/h4-7,9,12-13,15-16,21H,8,10-11,14,17-18H2,1-3H3,(H2,42,48)/t21-/m1/s1. The van der Waals surface area contributed by atoms with E-state index in [-0.39, 0.29) is 54.9 Å². The number of ketones is 1. The molecule has 0 spiro atoms. The van der Waals surface area contributed by atoms with Crippen LogP contribution in [0.2, 0.25) is 0 Å². The predicted octanol–water partition coefficient (Wildman–Crippen LogP) is 6.76.